The van der Waals surface area contributed by atoms with Crippen LogP contribution in [-0.2, 0) is 11.3 Å². The molecule has 1 N–H and O–H groups in total. The van der Waals surface area contributed by atoms with Gasteiger partial charge in [0, 0.05) is 30.9 Å². The molecular formula is C25H30N4O2. The Kier molecular flexibility index (Phi) is 6.07. The summed E-state index contributed by atoms with van der Waals surface area (Å²) in [6, 6.07) is 12.1. The highest BCUT2D eigenvalue weighted by Gasteiger charge is 2.26. The third-order valence-corrected chi connectivity index (χ3v) is 6.24. The molecule has 2 aromatic carbocycles. The summed E-state index contributed by atoms with van der Waals surface area (Å²) < 4.78 is 5.25. The number of benzene rings is 2. The van der Waals surface area contributed by atoms with Crippen molar-refractivity contribution in [2.45, 2.75) is 40.2 Å². The van der Waals surface area contributed by atoms with Crippen LogP contribution in [0.25, 0.3) is 10.9 Å². The zero-order valence-electron chi connectivity index (χ0n) is 18.7. The minimum Gasteiger partial charge on any atom is -0.497 e. The van der Waals surface area contributed by atoms with E-state index >= 15 is 0 Å². The van der Waals surface area contributed by atoms with E-state index in [1.165, 1.54) is 11.1 Å². The van der Waals surface area contributed by atoms with Crippen molar-refractivity contribution in [3.8, 4) is 5.75 Å². The van der Waals surface area contributed by atoms with E-state index in [-0.39, 0.29) is 11.8 Å². The zero-order chi connectivity index (χ0) is 22.0. The first-order chi connectivity index (χ1) is 14.9. The van der Waals surface area contributed by atoms with E-state index in [9.17, 15) is 4.79 Å². The molecular weight excluding hydrogens is 388 g/mol. The molecule has 0 bridgehead atoms. The van der Waals surface area contributed by atoms with Gasteiger partial charge in [-0.05, 0) is 74.6 Å². The highest BCUT2D eigenvalue weighted by molar-refractivity contribution is 5.83. The average Bonchev–Trinajstić information content (AvgIpc) is 2.79. The van der Waals surface area contributed by atoms with Crippen LogP contribution in [-0.4, -0.2) is 36.1 Å². The predicted molar refractivity (Wildman–Crippen MR) is 124 cm³/mol. The Morgan fingerprint density at radius 3 is 2.58 bits per heavy atom. The SMILES string of the molecule is COc1cccc(CNC(=O)C2CCN(c3nc(C)c4cc(C)c(C)cc4n3)CC2)c1. The molecule has 3 aromatic rings. The number of piperidine rings is 1. The Hall–Kier alpha value is -3.15. The van der Waals surface area contributed by atoms with Gasteiger partial charge in [0.2, 0.25) is 11.9 Å². The summed E-state index contributed by atoms with van der Waals surface area (Å²) in [6.07, 6.45) is 1.61. The first-order valence-electron chi connectivity index (χ1n) is 10.9. The van der Waals surface area contributed by atoms with Gasteiger partial charge in [0.1, 0.15) is 5.75 Å². The van der Waals surface area contributed by atoms with Crippen LogP contribution in [0.3, 0.4) is 0 Å². The van der Waals surface area contributed by atoms with Crippen molar-refractivity contribution in [2.24, 2.45) is 5.92 Å². The van der Waals surface area contributed by atoms with Crippen molar-refractivity contribution in [1.29, 1.82) is 0 Å². The molecule has 1 aliphatic heterocycles. The number of hydrogen-bond donors (Lipinski definition) is 1. The third kappa shape index (κ3) is 4.63. The van der Waals surface area contributed by atoms with Crippen LogP contribution in [0.5, 0.6) is 5.75 Å². The summed E-state index contributed by atoms with van der Waals surface area (Å²) >= 11 is 0. The number of amides is 1. The van der Waals surface area contributed by atoms with Gasteiger partial charge in [0.15, 0.2) is 0 Å². The number of nitrogens with zero attached hydrogens (tertiary/aromatic N) is 3. The monoisotopic (exact) mass is 418 g/mol. The molecule has 6 heteroatoms. The Labute approximate surface area is 183 Å². The molecule has 1 aliphatic rings. The Balaban J connectivity index is 1.38. The van der Waals surface area contributed by atoms with Crippen LogP contribution in [0.2, 0.25) is 0 Å². The quantitative estimate of drug-likeness (QED) is 0.676. The molecule has 1 aromatic heterocycles. The topological polar surface area (TPSA) is 67.3 Å². The first kappa shape index (κ1) is 21.1. The van der Waals surface area contributed by atoms with Crippen LogP contribution in [0, 0.1) is 26.7 Å². The van der Waals surface area contributed by atoms with Gasteiger partial charge in [0.25, 0.3) is 0 Å². The van der Waals surface area contributed by atoms with Gasteiger partial charge in [-0.2, -0.15) is 0 Å². The smallest absolute Gasteiger partial charge is 0.226 e. The fraction of sp³-hybridized carbons (Fsp3) is 0.400. The van der Waals surface area contributed by atoms with Crippen LogP contribution in [0.15, 0.2) is 36.4 Å². The molecule has 2 heterocycles. The van der Waals surface area contributed by atoms with Gasteiger partial charge in [-0.1, -0.05) is 12.1 Å². The fourth-order valence-electron chi connectivity index (χ4n) is 4.13. The fourth-order valence-corrected chi connectivity index (χ4v) is 4.13. The normalized spacial score (nSPS) is 14.6. The number of aromatic nitrogens is 2. The third-order valence-electron chi connectivity index (χ3n) is 6.24. The number of aryl methyl sites for hydroxylation is 3. The molecule has 0 radical (unpaired) electrons. The molecule has 1 saturated heterocycles. The number of nitrogens with one attached hydrogen (secondary N) is 1. The number of carbonyl (C=O) groups excluding carboxylic acids is 1. The predicted octanol–water partition coefficient (Wildman–Crippen LogP) is 4.10. The lowest BCUT2D eigenvalue weighted by Crippen LogP contribution is -2.41. The second kappa shape index (κ2) is 8.92. The number of carbonyl (C=O) groups is 1. The van der Waals surface area contributed by atoms with Crippen LogP contribution < -0.4 is 15.0 Å². The Bertz CT molecular complexity index is 1100. The molecule has 0 aliphatic carbocycles. The number of hydrogen-bond acceptors (Lipinski definition) is 5. The minimum atomic E-state index is 0.0216. The molecule has 0 atom stereocenters. The maximum Gasteiger partial charge on any atom is 0.226 e. The van der Waals surface area contributed by atoms with Gasteiger partial charge in [-0.25, -0.2) is 9.97 Å². The summed E-state index contributed by atoms with van der Waals surface area (Å²) in [5.74, 6) is 1.71. The van der Waals surface area contributed by atoms with Gasteiger partial charge in [-0.15, -0.1) is 0 Å². The maximum absolute atomic E-state index is 12.7. The van der Waals surface area contributed by atoms with E-state index < -0.39 is 0 Å². The highest BCUT2D eigenvalue weighted by Crippen LogP contribution is 2.26. The molecule has 1 amide bonds. The standard InChI is InChI=1S/C25H30N4O2/c1-16-12-22-18(3)27-25(28-23(22)13-17(16)2)29-10-8-20(9-11-29)24(30)26-15-19-6-5-7-21(14-19)31-4/h5-7,12-14,20H,8-11,15H2,1-4H3,(H,26,30). The van der Waals surface area contributed by atoms with Crippen LogP contribution in [0.1, 0.15) is 35.2 Å². The minimum absolute atomic E-state index is 0.0216. The molecule has 1 fully saturated rings. The number of rotatable bonds is 5. The van der Waals surface area contributed by atoms with Gasteiger partial charge in [-0.3, -0.25) is 4.79 Å². The lowest BCUT2D eigenvalue weighted by Gasteiger charge is -2.31. The molecule has 0 unspecified atom stereocenters. The Morgan fingerprint density at radius 2 is 1.84 bits per heavy atom. The van der Waals surface area contributed by atoms with E-state index in [0.29, 0.717) is 6.54 Å². The van der Waals surface area contributed by atoms with Gasteiger partial charge >= 0.3 is 0 Å². The molecule has 162 valence electrons. The van der Waals surface area contributed by atoms with E-state index in [1.54, 1.807) is 7.11 Å². The van der Waals surface area contributed by atoms with E-state index in [1.807, 2.05) is 31.2 Å². The number of methoxy groups -OCH3 is 1. The summed E-state index contributed by atoms with van der Waals surface area (Å²) in [7, 11) is 1.65. The van der Waals surface area contributed by atoms with E-state index in [0.717, 1.165) is 59.8 Å². The van der Waals surface area contributed by atoms with Gasteiger partial charge in [0.05, 0.1) is 18.3 Å². The summed E-state index contributed by atoms with van der Waals surface area (Å²) in [5.41, 5.74) is 5.52. The number of anilines is 1. The van der Waals surface area contributed by atoms with Crippen molar-refractivity contribution in [2.75, 3.05) is 25.1 Å². The van der Waals surface area contributed by atoms with Crippen molar-refractivity contribution in [1.82, 2.24) is 15.3 Å². The van der Waals surface area contributed by atoms with Crippen molar-refractivity contribution in [3.05, 3.63) is 58.8 Å². The first-order valence-corrected chi connectivity index (χ1v) is 10.9. The lowest BCUT2D eigenvalue weighted by atomic mass is 9.96. The number of ether oxygens (including phenoxy) is 1. The second-order valence-corrected chi connectivity index (χ2v) is 8.39. The van der Waals surface area contributed by atoms with Crippen LogP contribution >= 0.6 is 0 Å². The summed E-state index contributed by atoms with van der Waals surface area (Å²) in [5, 5.41) is 4.18. The van der Waals surface area contributed by atoms with Gasteiger partial charge < -0.3 is 15.0 Å². The number of fused-ring (bicyclic) bond motifs is 1. The second-order valence-electron chi connectivity index (χ2n) is 8.39. The van der Waals surface area contributed by atoms with E-state index in [4.69, 9.17) is 14.7 Å². The Morgan fingerprint density at radius 1 is 1.10 bits per heavy atom. The summed E-state index contributed by atoms with van der Waals surface area (Å²) in [6.45, 7) is 8.36. The summed E-state index contributed by atoms with van der Waals surface area (Å²) in [4.78, 5) is 24.5. The van der Waals surface area contributed by atoms with Crippen LogP contribution in [0.4, 0.5) is 5.95 Å². The molecule has 31 heavy (non-hydrogen) atoms. The average molecular weight is 419 g/mol. The van der Waals surface area contributed by atoms with Crippen molar-refractivity contribution >= 4 is 22.8 Å². The molecule has 0 spiro atoms. The van der Waals surface area contributed by atoms with E-state index in [2.05, 4.69) is 36.2 Å². The lowest BCUT2D eigenvalue weighted by molar-refractivity contribution is -0.125. The highest BCUT2D eigenvalue weighted by atomic mass is 16.5. The van der Waals surface area contributed by atoms with Crippen molar-refractivity contribution < 1.29 is 9.53 Å². The largest absolute Gasteiger partial charge is 0.497 e. The molecule has 0 saturated carbocycles. The zero-order valence-corrected chi connectivity index (χ0v) is 18.7. The molecule has 4 rings (SSSR count). The molecule has 6 nitrogen and oxygen atoms in total. The van der Waals surface area contributed by atoms with Crippen molar-refractivity contribution in [3.63, 3.8) is 0 Å². The maximum atomic E-state index is 12.7.